The summed E-state index contributed by atoms with van der Waals surface area (Å²) < 4.78 is 0. The lowest BCUT2D eigenvalue weighted by molar-refractivity contribution is 0.0697. The fraction of sp³-hybridized carbons (Fsp3) is 0.500. The molecule has 1 saturated heterocycles. The molecule has 0 saturated carbocycles. The first-order valence-corrected chi connectivity index (χ1v) is 7.40. The molecule has 0 aromatic heterocycles. The first-order chi connectivity index (χ1) is 9.13. The van der Waals surface area contributed by atoms with E-state index in [2.05, 4.69) is 0 Å². The van der Waals surface area contributed by atoms with Crippen LogP contribution in [-0.2, 0) is 0 Å². The normalized spacial score (nSPS) is 20.1. The van der Waals surface area contributed by atoms with Crippen LogP contribution in [0.2, 0.25) is 5.02 Å². The van der Waals surface area contributed by atoms with Crippen molar-refractivity contribution in [1.29, 1.82) is 0 Å². The lowest BCUT2D eigenvalue weighted by Gasteiger charge is -2.28. The van der Waals surface area contributed by atoms with E-state index in [0.29, 0.717) is 23.0 Å². The number of benzene rings is 1. The molecule has 0 spiro atoms. The van der Waals surface area contributed by atoms with Crippen molar-refractivity contribution in [1.82, 2.24) is 4.90 Å². The number of nitrogens with zero attached hydrogens (tertiary/aromatic N) is 1. The van der Waals surface area contributed by atoms with Crippen molar-refractivity contribution in [2.75, 3.05) is 12.4 Å². The van der Waals surface area contributed by atoms with Gasteiger partial charge in [0, 0.05) is 23.5 Å². The highest BCUT2D eigenvalue weighted by molar-refractivity contribution is 6.30. The van der Waals surface area contributed by atoms with Gasteiger partial charge >= 0.3 is 0 Å². The lowest BCUT2D eigenvalue weighted by Crippen LogP contribution is -2.41. The second-order valence-electron chi connectivity index (χ2n) is 4.82. The number of phenols is 1. The average Bonchev–Trinajstić information content (AvgIpc) is 2.63. The van der Waals surface area contributed by atoms with Crippen LogP contribution in [0.5, 0.6) is 5.75 Å². The van der Waals surface area contributed by atoms with Crippen LogP contribution in [0, 0.1) is 0 Å². The molecule has 1 heterocycles. The molecule has 1 unspecified atom stereocenters. The molecule has 1 aliphatic rings. The third-order valence-electron chi connectivity index (χ3n) is 3.51. The van der Waals surface area contributed by atoms with Crippen molar-refractivity contribution in [3.05, 3.63) is 28.8 Å². The molecule has 1 atom stereocenters. The van der Waals surface area contributed by atoms with Gasteiger partial charge in [0.1, 0.15) is 5.75 Å². The highest BCUT2D eigenvalue weighted by atomic mass is 35.5. The van der Waals surface area contributed by atoms with Gasteiger partial charge < -0.3 is 10.0 Å². The minimum Gasteiger partial charge on any atom is -0.507 e. The number of phenolic OH excluding ortho intramolecular Hbond substituents is 1. The van der Waals surface area contributed by atoms with Gasteiger partial charge in [0.05, 0.1) is 5.56 Å². The van der Waals surface area contributed by atoms with Crippen LogP contribution in [0.15, 0.2) is 18.2 Å². The summed E-state index contributed by atoms with van der Waals surface area (Å²) in [6.45, 7) is 0.693. The molecule has 0 aliphatic carbocycles. The molecule has 3 nitrogen and oxygen atoms in total. The Balaban J connectivity index is 2.25. The fourth-order valence-corrected chi connectivity index (χ4v) is 2.93. The maximum atomic E-state index is 12.5. The summed E-state index contributed by atoms with van der Waals surface area (Å²) in [5.41, 5.74) is 0.293. The van der Waals surface area contributed by atoms with Crippen LogP contribution in [0.25, 0.3) is 0 Å². The Bertz CT molecular complexity index is 465. The molecular weight excluding hydrogens is 285 g/mol. The van der Waals surface area contributed by atoms with Gasteiger partial charge in [0.2, 0.25) is 0 Å². The van der Waals surface area contributed by atoms with Crippen molar-refractivity contribution in [3.63, 3.8) is 0 Å². The summed E-state index contributed by atoms with van der Waals surface area (Å²) in [7, 11) is 0. The van der Waals surface area contributed by atoms with E-state index >= 15 is 0 Å². The number of likely N-dealkylation sites (tertiary alicyclic amines) is 1. The first kappa shape index (κ1) is 14.5. The third kappa shape index (κ3) is 3.34. The molecule has 1 aliphatic heterocycles. The standard InChI is InChI=1S/C14H17Cl2NO2/c15-9-11-4-2-1-3-7-17(11)14(19)12-6-5-10(16)8-13(12)18/h5-6,8,11,18H,1-4,7,9H2. The van der Waals surface area contributed by atoms with Crippen LogP contribution >= 0.6 is 23.2 Å². The van der Waals surface area contributed by atoms with E-state index in [1.807, 2.05) is 0 Å². The van der Waals surface area contributed by atoms with Crippen molar-refractivity contribution in [2.24, 2.45) is 0 Å². The zero-order valence-corrected chi connectivity index (χ0v) is 12.1. The van der Waals surface area contributed by atoms with Gasteiger partial charge in [-0.05, 0) is 31.0 Å². The number of halogens is 2. The smallest absolute Gasteiger partial charge is 0.257 e. The number of carbonyl (C=O) groups excluding carboxylic acids is 1. The maximum absolute atomic E-state index is 12.5. The summed E-state index contributed by atoms with van der Waals surface area (Å²) in [6.07, 6.45) is 4.11. The van der Waals surface area contributed by atoms with Crippen molar-refractivity contribution in [3.8, 4) is 5.75 Å². The summed E-state index contributed by atoms with van der Waals surface area (Å²) in [4.78, 5) is 14.3. The van der Waals surface area contributed by atoms with Crippen LogP contribution in [0.3, 0.4) is 0 Å². The second kappa shape index (κ2) is 6.49. The highest BCUT2D eigenvalue weighted by Gasteiger charge is 2.27. The van der Waals surface area contributed by atoms with Crippen molar-refractivity contribution >= 4 is 29.1 Å². The van der Waals surface area contributed by atoms with Crippen molar-refractivity contribution in [2.45, 2.75) is 31.7 Å². The van der Waals surface area contributed by atoms with Gasteiger partial charge in [-0.25, -0.2) is 0 Å². The Morgan fingerprint density at radius 1 is 1.37 bits per heavy atom. The predicted molar refractivity (Wildman–Crippen MR) is 77.1 cm³/mol. The summed E-state index contributed by atoms with van der Waals surface area (Å²) >= 11 is 11.8. The van der Waals surface area contributed by atoms with Gasteiger partial charge in [0.15, 0.2) is 0 Å². The van der Waals surface area contributed by atoms with E-state index < -0.39 is 0 Å². The number of aromatic hydroxyl groups is 1. The third-order valence-corrected chi connectivity index (χ3v) is 4.10. The number of rotatable bonds is 2. The molecule has 104 valence electrons. The second-order valence-corrected chi connectivity index (χ2v) is 5.56. The quantitative estimate of drug-likeness (QED) is 0.847. The Morgan fingerprint density at radius 3 is 2.84 bits per heavy atom. The molecule has 5 heteroatoms. The molecule has 1 aromatic carbocycles. The van der Waals surface area contributed by atoms with E-state index in [0.717, 1.165) is 25.7 Å². The van der Waals surface area contributed by atoms with E-state index in [9.17, 15) is 9.90 Å². The number of carbonyl (C=O) groups is 1. The lowest BCUT2D eigenvalue weighted by atomic mass is 10.1. The van der Waals surface area contributed by atoms with Gasteiger partial charge in [-0.15, -0.1) is 11.6 Å². The minimum absolute atomic E-state index is 0.0479. The Hall–Kier alpha value is -0.930. The molecule has 0 radical (unpaired) electrons. The number of alkyl halides is 1. The zero-order chi connectivity index (χ0) is 13.8. The topological polar surface area (TPSA) is 40.5 Å². The number of hydrogen-bond donors (Lipinski definition) is 1. The zero-order valence-electron chi connectivity index (χ0n) is 10.6. The van der Waals surface area contributed by atoms with Gasteiger partial charge in [-0.2, -0.15) is 0 Å². The molecule has 0 bridgehead atoms. The Labute approximate surface area is 123 Å². The van der Waals surface area contributed by atoms with E-state index in [1.54, 1.807) is 17.0 Å². The summed E-state index contributed by atoms with van der Waals surface area (Å²) in [6, 6.07) is 4.62. The number of hydrogen-bond acceptors (Lipinski definition) is 2. The largest absolute Gasteiger partial charge is 0.507 e. The highest BCUT2D eigenvalue weighted by Crippen LogP contribution is 2.26. The molecule has 2 rings (SSSR count). The first-order valence-electron chi connectivity index (χ1n) is 6.49. The average molecular weight is 302 g/mol. The molecule has 1 aromatic rings. The predicted octanol–water partition coefficient (Wildman–Crippen LogP) is 3.67. The summed E-state index contributed by atoms with van der Waals surface area (Å²) in [5.74, 6) is 0.192. The fourth-order valence-electron chi connectivity index (χ4n) is 2.45. The van der Waals surface area contributed by atoms with E-state index in [4.69, 9.17) is 23.2 Å². The molecular formula is C14H17Cl2NO2. The van der Waals surface area contributed by atoms with Crippen LogP contribution < -0.4 is 0 Å². The maximum Gasteiger partial charge on any atom is 0.257 e. The molecule has 1 fully saturated rings. The Kier molecular flexibility index (Phi) is 4.94. The van der Waals surface area contributed by atoms with Crippen LogP contribution in [-0.4, -0.2) is 34.4 Å². The van der Waals surface area contributed by atoms with Crippen LogP contribution in [0.1, 0.15) is 36.0 Å². The SMILES string of the molecule is O=C(c1ccc(Cl)cc1O)N1CCCCCC1CCl. The number of amides is 1. The van der Waals surface area contributed by atoms with Gasteiger partial charge in [-0.1, -0.05) is 24.4 Å². The summed E-state index contributed by atoms with van der Waals surface area (Å²) in [5, 5.41) is 10.3. The minimum atomic E-state index is -0.165. The molecule has 1 N–H and O–H groups in total. The van der Waals surface area contributed by atoms with E-state index in [-0.39, 0.29) is 17.7 Å². The van der Waals surface area contributed by atoms with Gasteiger partial charge in [0.25, 0.3) is 5.91 Å². The molecule has 1 amide bonds. The molecule has 19 heavy (non-hydrogen) atoms. The Morgan fingerprint density at radius 2 is 2.16 bits per heavy atom. The monoisotopic (exact) mass is 301 g/mol. The van der Waals surface area contributed by atoms with Crippen LogP contribution in [0.4, 0.5) is 0 Å². The van der Waals surface area contributed by atoms with Crippen molar-refractivity contribution < 1.29 is 9.90 Å². The van der Waals surface area contributed by atoms with Gasteiger partial charge in [-0.3, -0.25) is 4.79 Å². The van der Waals surface area contributed by atoms with E-state index in [1.165, 1.54) is 6.07 Å².